The third-order valence-corrected chi connectivity index (χ3v) is 2.75. The number of aromatic amines is 1. The lowest BCUT2D eigenvalue weighted by atomic mass is 10.0. The maximum absolute atomic E-state index is 12.7. The molecule has 0 aliphatic rings. The third-order valence-electron chi connectivity index (χ3n) is 2.75. The molecular formula is C14H14FNO3. The SMILES string of the molecule is O=C(O)CC(COc1ccc(F)cc1)c1ccc[nH]1. The number of carboxylic acids is 1. The van der Waals surface area contributed by atoms with Crippen LogP contribution in [0.1, 0.15) is 18.0 Å². The van der Waals surface area contributed by atoms with E-state index in [4.69, 9.17) is 9.84 Å². The molecule has 100 valence electrons. The first kappa shape index (κ1) is 13.1. The average Bonchev–Trinajstić information content (AvgIpc) is 2.90. The number of hydrogen-bond acceptors (Lipinski definition) is 2. The molecule has 0 radical (unpaired) electrons. The van der Waals surface area contributed by atoms with Crippen molar-refractivity contribution in [1.29, 1.82) is 0 Å². The van der Waals surface area contributed by atoms with E-state index in [0.717, 1.165) is 5.69 Å². The van der Waals surface area contributed by atoms with Gasteiger partial charge in [0.2, 0.25) is 0 Å². The standard InChI is InChI=1S/C14H14FNO3/c15-11-3-5-12(6-4-11)19-9-10(8-14(17)18)13-2-1-7-16-13/h1-7,10,16H,8-9H2,(H,17,18). The van der Waals surface area contributed by atoms with Gasteiger partial charge in [0.25, 0.3) is 0 Å². The van der Waals surface area contributed by atoms with Crippen molar-refractivity contribution < 1.29 is 19.0 Å². The minimum atomic E-state index is -0.887. The zero-order chi connectivity index (χ0) is 13.7. The van der Waals surface area contributed by atoms with Gasteiger partial charge < -0.3 is 14.8 Å². The van der Waals surface area contributed by atoms with Gasteiger partial charge in [0.1, 0.15) is 11.6 Å². The predicted octanol–water partition coefficient (Wildman–Crippen LogP) is 2.79. The topological polar surface area (TPSA) is 62.3 Å². The monoisotopic (exact) mass is 263 g/mol. The molecule has 2 N–H and O–H groups in total. The summed E-state index contributed by atoms with van der Waals surface area (Å²) >= 11 is 0. The van der Waals surface area contributed by atoms with Gasteiger partial charge in [-0.05, 0) is 36.4 Å². The molecule has 1 unspecified atom stereocenters. The van der Waals surface area contributed by atoms with E-state index in [9.17, 15) is 9.18 Å². The molecule has 0 saturated heterocycles. The zero-order valence-electron chi connectivity index (χ0n) is 10.2. The summed E-state index contributed by atoms with van der Waals surface area (Å²) in [5.41, 5.74) is 0.810. The highest BCUT2D eigenvalue weighted by Gasteiger charge is 2.17. The average molecular weight is 263 g/mol. The first-order valence-corrected chi connectivity index (χ1v) is 5.88. The summed E-state index contributed by atoms with van der Waals surface area (Å²) in [7, 11) is 0. The lowest BCUT2D eigenvalue weighted by molar-refractivity contribution is -0.137. The lowest BCUT2D eigenvalue weighted by Crippen LogP contribution is -2.15. The van der Waals surface area contributed by atoms with Crippen molar-refractivity contribution in [1.82, 2.24) is 4.98 Å². The molecule has 0 fully saturated rings. The number of aliphatic carboxylic acids is 1. The number of ether oxygens (including phenoxy) is 1. The van der Waals surface area contributed by atoms with Crippen LogP contribution >= 0.6 is 0 Å². The Bertz CT molecular complexity index is 522. The zero-order valence-corrected chi connectivity index (χ0v) is 10.2. The summed E-state index contributed by atoms with van der Waals surface area (Å²) in [6.07, 6.45) is 1.71. The number of aromatic nitrogens is 1. The van der Waals surface area contributed by atoms with Crippen LogP contribution in [0.5, 0.6) is 5.75 Å². The summed E-state index contributed by atoms with van der Waals surface area (Å²) in [6.45, 7) is 0.221. The van der Waals surface area contributed by atoms with Gasteiger partial charge in [-0.1, -0.05) is 0 Å². The van der Waals surface area contributed by atoms with E-state index in [1.807, 2.05) is 12.1 Å². The number of H-pyrrole nitrogens is 1. The van der Waals surface area contributed by atoms with Crippen LogP contribution in [0.4, 0.5) is 4.39 Å². The molecule has 1 atom stereocenters. The van der Waals surface area contributed by atoms with E-state index in [-0.39, 0.29) is 24.8 Å². The molecule has 1 aromatic carbocycles. The molecule has 2 aromatic rings. The quantitative estimate of drug-likeness (QED) is 0.842. The van der Waals surface area contributed by atoms with Crippen LogP contribution < -0.4 is 4.74 Å². The van der Waals surface area contributed by atoms with E-state index in [0.29, 0.717) is 5.75 Å². The van der Waals surface area contributed by atoms with Crippen molar-refractivity contribution in [3.8, 4) is 5.75 Å². The number of benzene rings is 1. The molecule has 4 nitrogen and oxygen atoms in total. The van der Waals surface area contributed by atoms with Crippen molar-refractivity contribution in [2.24, 2.45) is 0 Å². The Morgan fingerprint density at radius 2 is 2.05 bits per heavy atom. The van der Waals surface area contributed by atoms with Gasteiger partial charge in [-0.15, -0.1) is 0 Å². The van der Waals surface area contributed by atoms with Crippen molar-refractivity contribution in [2.45, 2.75) is 12.3 Å². The van der Waals surface area contributed by atoms with Gasteiger partial charge >= 0.3 is 5.97 Å². The normalized spacial score (nSPS) is 12.1. The number of carboxylic acid groups (broad SMARTS) is 1. The highest BCUT2D eigenvalue weighted by Crippen LogP contribution is 2.20. The molecular weight excluding hydrogens is 249 g/mol. The molecule has 0 aliphatic heterocycles. The fraction of sp³-hybridized carbons (Fsp3) is 0.214. The maximum atomic E-state index is 12.7. The minimum absolute atomic E-state index is 0.0261. The Hall–Kier alpha value is -2.30. The van der Waals surface area contributed by atoms with Gasteiger partial charge in [0.15, 0.2) is 0 Å². The lowest BCUT2D eigenvalue weighted by Gasteiger charge is -2.14. The Morgan fingerprint density at radius 3 is 2.63 bits per heavy atom. The van der Waals surface area contributed by atoms with Gasteiger partial charge in [-0.3, -0.25) is 4.79 Å². The molecule has 1 heterocycles. The van der Waals surface area contributed by atoms with Gasteiger partial charge in [-0.25, -0.2) is 4.39 Å². The minimum Gasteiger partial charge on any atom is -0.493 e. The fourth-order valence-corrected chi connectivity index (χ4v) is 1.80. The number of rotatable bonds is 6. The van der Waals surface area contributed by atoms with Gasteiger partial charge in [0.05, 0.1) is 13.0 Å². The highest BCUT2D eigenvalue weighted by atomic mass is 19.1. The first-order chi connectivity index (χ1) is 9.15. The van der Waals surface area contributed by atoms with E-state index in [2.05, 4.69) is 4.98 Å². The molecule has 0 spiro atoms. The van der Waals surface area contributed by atoms with E-state index < -0.39 is 5.97 Å². The number of carbonyl (C=O) groups is 1. The van der Waals surface area contributed by atoms with Crippen LogP contribution in [-0.2, 0) is 4.79 Å². The molecule has 0 aliphatic carbocycles. The predicted molar refractivity (Wildman–Crippen MR) is 67.7 cm³/mol. The Labute approximate surface area is 109 Å². The summed E-state index contributed by atoms with van der Waals surface area (Å²) < 4.78 is 18.2. The summed E-state index contributed by atoms with van der Waals surface area (Å²) in [5.74, 6) is -0.970. The summed E-state index contributed by atoms with van der Waals surface area (Å²) in [6, 6.07) is 9.26. The van der Waals surface area contributed by atoms with Crippen LogP contribution in [0.25, 0.3) is 0 Å². The first-order valence-electron chi connectivity index (χ1n) is 5.88. The largest absolute Gasteiger partial charge is 0.493 e. The van der Waals surface area contributed by atoms with Crippen LogP contribution in [0.3, 0.4) is 0 Å². The summed E-state index contributed by atoms with van der Waals surface area (Å²) in [5, 5.41) is 8.90. The highest BCUT2D eigenvalue weighted by molar-refractivity contribution is 5.67. The van der Waals surface area contributed by atoms with Gasteiger partial charge in [-0.2, -0.15) is 0 Å². The summed E-state index contributed by atoms with van der Waals surface area (Å²) in [4.78, 5) is 13.8. The fourth-order valence-electron chi connectivity index (χ4n) is 1.80. The van der Waals surface area contributed by atoms with Crippen molar-refractivity contribution in [3.05, 3.63) is 54.1 Å². The number of hydrogen-bond donors (Lipinski definition) is 2. The van der Waals surface area contributed by atoms with E-state index in [1.165, 1.54) is 24.3 Å². The van der Waals surface area contributed by atoms with Crippen molar-refractivity contribution in [2.75, 3.05) is 6.61 Å². The second kappa shape index (κ2) is 6.04. The number of halogens is 1. The van der Waals surface area contributed by atoms with Crippen LogP contribution in [0.2, 0.25) is 0 Å². The Morgan fingerprint density at radius 1 is 1.32 bits per heavy atom. The number of nitrogens with one attached hydrogen (secondary N) is 1. The van der Waals surface area contributed by atoms with Crippen LogP contribution in [0, 0.1) is 5.82 Å². The third kappa shape index (κ3) is 3.84. The smallest absolute Gasteiger partial charge is 0.304 e. The molecule has 0 saturated carbocycles. The van der Waals surface area contributed by atoms with Crippen LogP contribution in [-0.4, -0.2) is 22.7 Å². The van der Waals surface area contributed by atoms with Crippen LogP contribution in [0.15, 0.2) is 42.6 Å². The Kier molecular flexibility index (Phi) is 4.18. The van der Waals surface area contributed by atoms with Crippen molar-refractivity contribution >= 4 is 5.97 Å². The van der Waals surface area contributed by atoms with E-state index >= 15 is 0 Å². The van der Waals surface area contributed by atoms with Gasteiger partial charge in [0, 0.05) is 17.8 Å². The molecule has 5 heteroatoms. The second-order valence-electron chi connectivity index (χ2n) is 4.19. The molecule has 1 aromatic heterocycles. The maximum Gasteiger partial charge on any atom is 0.304 e. The molecule has 0 bridgehead atoms. The van der Waals surface area contributed by atoms with Crippen molar-refractivity contribution in [3.63, 3.8) is 0 Å². The second-order valence-corrected chi connectivity index (χ2v) is 4.19. The van der Waals surface area contributed by atoms with E-state index in [1.54, 1.807) is 6.20 Å². The molecule has 19 heavy (non-hydrogen) atoms. The molecule has 0 amide bonds. The Balaban J connectivity index is 2.00. The molecule has 2 rings (SSSR count).